The van der Waals surface area contributed by atoms with Crippen LogP contribution in [0, 0.1) is 0 Å². The van der Waals surface area contributed by atoms with Crippen LogP contribution < -0.4 is 10.2 Å². The van der Waals surface area contributed by atoms with E-state index in [0.717, 1.165) is 23.0 Å². The monoisotopic (exact) mass is 258 g/mol. The van der Waals surface area contributed by atoms with Crippen LogP contribution in [0.25, 0.3) is 0 Å². The highest BCUT2D eigenvalue weighted by atomic mass is 16.5. The molecule has 2 aromatic rings. The van der Waals surface area contributed by atoms with Gasteiger partial charge >= 0.3 is 0 Å². The second kappa shape index (κ2) is 6.15. The molecule has 1 aromatic heterocycles. The third-order valence-corrected chi connectivity index (χ3v) is 2.64. The van der Waals surface area contributed by atoms with E-state index in [9.17, 15) is 0 Å². The first-order chi connectivity index (χ1) is 9.40. The van der Waals surface area contributed by atoms with Crippen molar-refractivity contribution in [2.45, 2.75) is 13.8 Å². The van der Waals surface area contributed by atoms with Crippen molar-refractivity contribution in [1.29, 1.82) is 0 Å². The van der Waals surface area contributed by atoms with E-state index in [4.69, 9.17) is 4.74 Å². The van der Waals surface area contributed by atoms with Gasteiger partial charge in [0, 0.05) is 19.5 Å². The molecule has 0 bridgehead atoms. The van der Waals surface area contributed by atoms with E-state index in [1.54, 1.807) is 19.5 Å². The quantitative estimate of drug-likeness (QED) is 0.895. The molecule has 0 spiro atoms. The summed E-state index contributed by atoms with van der Waals surface area (Å²) >= 11 is 0. The molecule has 3 rings (SSSR count). The molecule has 0 atom stereocenters. The largest absolute Gasteiger partial charge is 0.364 e. The van der Waals surface area contributed by atoms with Crippen LogP contribution in [0.5, 0.6) is 0 Å². The first kappa shape index (κ1) is 13.3. The van der Waals surface area contributed by atoms with E-state index in [1.165, 1.54) is 0 Å². The Morgan fingerprint density at radius 3 is 2.68 bits per heavy atom. The number of fused-ring (bicyclic) bond motifs is 2. The maximum atomic E-state index is 5.23. The molecule has 0 radical (unpaired) electrons. The molecule has 0 saturated heterocycles. The van der Waals surface area contributed by atoms with Crippen LogP contribution in [-0.4, -0.2) is 23.8 Å². The average molecular weight is 258 g/mol. The summed E-state index contributed by atoms with van der Waals surface area (Å²) in [6, 6.07) is 8.01. The molecule has 5 heteroatoms. The van der Waals surface area contributed by atoms with Crippen molar-refractivity contribution in [2.75, 3.05) is 24.1 Å². The van der Waals surface area contributed by atoms with Gasteiger partial charge in [0.05, 0.1) is 11.4 Å². The fourth-order valence-electron chi connectivity index (χ4n) is 1.93. The zero-order valence-electron chi connectivity index (χ0n) is 11.4. The van der Waals surface area contributed by atoms with Crippen LogP contribution in [0.3, 0.4) is 0 Å². The summed E-state index contributed by atoms with van der Waals surface area (Å²) in [5, 5.41) is 3.26. The summed E-state index contributed by atoms with van der Waals surface area (Å²) < 4.78 is 5.23. The normalized spacial score (nSPS) is 11.6. The lowest BCUT2D eigenvalue weighted by molar-refractivity contribution is 0.205. The second-order valence-electron chi connectivity index (χ2n) is 3.72. The first-order valence-electron chi connectivity index (χ1n) is 6.33. The Balaban J connectivity index is 0.000000637. The van der Waals surface area contributed by atoms with Gasteiger partial charge in [-0.05, 0) is 12.1 Å². The molecular weight excluding hydrogens is 240 g/mol. The number of rotatable bonds is 2. The number of hydrogen-bond donors (Lipinski definition) is 1. The van der Waals surface area contributed by atoms with Gasteiger partial charge in [-0.25, -0.2) is 9.97 Å². The molecule has 1 N–H and O–H groups in total. The second-order valence-corrected chi connectivity index (χ2v) is 3.72. The van der Waals surface area contributed by atoms with E-state index in [-0.39, 0.29) is 0 Å². The standard InChI is InChI=1S/C12H12N4O.C2H6/c1-17-8-16-10-5-3-2-4-9(10)15-11-12(16)14-7-6-13-11;1-2/h2-7H,8H2,1H3,(H,13,15);1-2H3. The minimum absolute atomic E-state index is 0.449. The molecule has 2 heterocycles. The van der Waals surface area contributed by atoms with Gasteiger partial charge in [-0.15, -0.1) is 0 Å². The molecule has 19 heavy (non-hydrogen) atoms. The van der Waals surface area contributed by atoms with Crippen LogP contribution in [0.15, 0.2) is 36.7 Å². The van der Waals surface area contributed by atoms with E-state index in [2.05, 4.69) is 15.3 Å². The summed E-state index contributed by atoms with van der Waals surface area (Å²) in [6.45, 7) is 4.45. The van der Waals surface area contributed by atoms with Gasteiger partial charge in [0.1, 0.15) is 6.73 Å². The molecule has 1 aliphatic heterocycles. The van der Waals surface area contributed by atoms with Gasteiger partial charge in [-0.2, -0.15) is 0 Å². The fraction of sp³-hybridized carbons (Fsp3) is 0.286. The lowest BCUT2D eigenvalue weighted by Crippen LogP contribution is -2.26. The van der Waals surface area contributed by atoms with Crippen LogP contribution in [0.1, 0.15) is 13.8 Å². The zero-order chi connectivity index (χ0) is 13.7. The van der Waals surface area contributed by atoms with E-state index < -0.39 is 0 Å². The van der Waals surface area contributed by atoms with Crippen molar-refractivity contribution >= 4 is 23.0 Å². The summed E-state index contributed by atoms with van der Waals surface area (Å²) in [7, 11) is 1.67. The Kier molecular flexibility index (Phi) is 4.30. The molecule has 100 valence electrons. The van der Waals surface area contributed by atoms with Crippen LogP contribution in [0.4, 0.5) is 23.0 Å². The number of nitrogens with one attached hydrogen (secondary N) is 1. The van der Waals surface area contributed by atoms with Gasteiger partial charge in [0.2, 0.25) is 0 Å². The highest BCUT2D eigenvalue weighted by Crippen LogP contribution is 2.40. The van der Waals surface area contributed by atoms with Gasteiger partial charge in [-0.3, -0.25) is 4.90 Å². The SMILES string of the molecule is CC.COCN1c2ccccc2Nc2nccnc21. The predicted molar refractivity (Wildman–Crippen MR) is 77.1 cm³/mol. The summed E-state index contributed by atoms with van der Waals surface area (Å²) in [5.74, 6) is 1.54. The zero-order valence-corrected chi connectivity index (χ0v) is 11.4. The van der Waals surface area contributed by atoms with Crippen molar-refractivity contribution in [2.24, 2.45) is 0 Å². The Hall–Kier alpha value is -2.14. The third-order valence-electron chi connectivity index (χ3n) is 2.64. The number of hydrogen-bond acceptors (Lipinski definition) is 5. The smallest absolute Gasteiger partial charge is 0.178 e. The number of methoxy groups -OCH3 is 1. The molecule has 0 fully saturated rings. The van der Waals surface area contributed by atoms with Crippen molar-refractivity contribution in [1.82, 2.24) is 9.97 Å². The average Bonchev–Trinajstić information content (AvgIpc) is 2.49. The molecule has 0 aliphatic carbocycles. The number of benzene rings is 1. The number of para-hydroxylation sites is 2. The van der Waals surface area contributed by atoms with Crippen molar-refractivity contribution < 1.29 is 4.74 Å². The topological polar surface area (TPSA) is 50.3 Å². The molecule has 0 saturated carbocycles. The highest BCUT2D eigenvalue weighted by Gasteiger charge is 2.23. The summed E-state index contributed by atoms with van der Waals surface area (Å²) in [4.78, 5) is 10.6. The van der Waals surface area contributed by atoms with Crippen LogP contribution in [0.2, 0.25) is 0 Å². The van der Waals surface area contributed by atoms with Crippen LogP contribution >= 0.6 is 0 Å². The molecule has 0 unspecified atom stereocenters. The fourth-order valence-corrected chi connectivity index (χ4v) is 1.93. The third kappa shape index (κ3) is 2.51. The van der Waals surface area contributed by atoms with E-state index in [1.807, 2.05) is 43.0 Å². The lowest BCUT2D eigenvalue weighted by atomic mass is 10.2. The minimum atomic E-state index is 0.449. The number of nitrogens with zero attached hydrogens (tertiary/aromatic N) is 3. The molecule has 5 nitrogen and oxygen atoms in total. The van der Waals surface area contributed by atoms with E-state index >= 15 is 0 Å². The molecule has 0 amide bonds. The van der Waals surface area contributed by atoms with Gasteiger partial charge < -0.3 is 10.1 Å². The Morgan fingerprint density at radius 1 is 1.16 bits per heavy atom. The van der Waals surface area contributed by atoms with Crippen molar-refractivity contribution in [3.8, 4) is 0 Å². The van der Waals surface area contributed by atoms with Crippen molar-refractivity contribution in [3.05, 3.63) is 36.7 Å². The van der Waals surface area contributed by atoms with Crippen molar-refractivity contribution in [3.63, 3.8) is 0 Å². The van der Waals surface area contributed by atoms with Gasteiger partial charge in [-0.1, -0.05) is 26.0 Å². The Morgan fingerprint density at radius 2 is 1.89 bits per heavy atom. The Bertz CT molecular complexity index is 499. The number of aromatic nitrogens is 2. The number of anilines is 4. The van der Waals surface area contributed by atoms with Crippen LogP contribution in [-0.2, 0) is 4.74 Å². The Labute approximate surface area is 113 Å². The minimum Gasteiger partial charge on any atom is -0.364 e. The first-order valence-corrected chi connectivity index (χ1v) is 6.33. The molecule has 1 aromatic carbocycles. The summed E-state index contributed by atoms with van der Waals surface area (Å²) in [5.41, 5.74) is 2.06. The van der Waals surface area contributed by atoms with Gasteiger partial charge in [0.15, 0.2) is 11.6 Å². The van der Waals surface area contributed by atoms with E-state index in [0.29, 0.717) is 6.73 Å². The number of ether oxygens (including phenoxy) is 1. The maximum absolute atomic E-state index is 5.23. The highest BCUT2D eigenvalue weighted by molar-refractivity contribution is 5.87. The van der Waals surface area contributed by atoms with Gasteiger partial charge in [0.25, 0.3) is 0 Å². The maximum Gasteiger partial charge on any atom is 0.178 e. The summed E-state index contributed by atoms with van der Waals surface area (Å²) in [6.07, 6.45) is 3.35. The predicted octanol–water partition coefficient (Wildman–Crippen LogP) is 3.30. The molecular formula is C14H18N4O. The lowest BCUT2D eigenvalue weighted by Gasteiger charge is -2.30. The molecule has 1 aliphatic rings.